The molecule has 1 rings (SSSR count). The minimum Gasteiger partial charge on any atom is -0.481 e. The summed E-state index contributed by atoms with van der Waals surface area (Å²) in [7, 11) is 0. The van der Waals surface area contributed by atoms with Gasteiger partial charge in [0.25, 0.3) is 0 Å². The van der Waals surface area contributed by atoms with Crippen LogP contribution in [0.25, 0.3) is 0 Å². The maximum Gasteiger partial charge on any atom is 0.309 e. The van der Waals surface area contributed by atoms with Gasteiger partial charge in [-0.1, -0.05) is 0 Å². The summed E-state index contributed by atoms with van der Waals surface area (Å²) in [5.74, 6) is -1.57. The zero-order chi connectivity index (χ0) is 12.0. The second kappa shape index (κ2) is 3.22. The first-order valence-electron chi connectivity index (χ1n) is 5.14. The van der Waals surface area contributed by atoms with Gasteiger partial charge in [0.05, 0.1) is 11.5 Å². The highest BCUT2D eigenvalue weighted by Crippen LogP contribution is 2.40. The molecule has 0 spiro atoms. The van der Waals surface area contributed by atoms with Crippen molar-refractivity contribution in [2.75, 3.05) is 0 Å². The van der Waals surface area contributed by atoms with Crippen molar-refractivity contribution in [2.24, 2.45) is 5.92 Å². The van der Waals surface area contributed by atoms with E-state index < -0.39 is 17.4 Å². The van der Waals surface area contributed by atoms with Gasteiger partial charge in [-0.05, 0) is 34.6 Å². The van der Waals surface area contributed by atoms with Crippen molar-refractivity contribution in [3.05, 3.63) is 0 Å². The van der Waals surface area contributed by atoms with Gasteiger partial charge in [-0.2, -0.15) is 0 Å². The van der Waals surface area contributed by atoms with Crippen LogP contribution in [-0.2, 0) is 9.59 Å². The Morgan fingerprint density at radius 1 is 1.47 bits per heavy atom. The first kappa shape index (κ1) is 12.0. The summed E-state index contributed by atoms with van der Waals surface area (Å²) in [5, 5.41) is 9.07. The van der Waals surface area contributed by atoms with Gasteiger partial charge in [0.15, 0.2) is 0 Å². The van der Waals surface area contributed by atoms with E-state index in [2.05, 4.69) is 0 Å². The lowest BCUT2D eigenvalue weighted by molar-refractivity contribution is -0.145. The third kappa shape index (κ3) is 1.85. The standard InChI is InChI=1S/C11H19NO3/c1-10(2,3)12-8(13)6-7(9(14)15)11(12,4)5/h7H,6H2,1-5H3,(H,14,15). The molecule has 0 aromatic heterocycles. The van der Waals surface area contributed by atoms with Crippen LogP contribution in [0, 0.1) is 5.92 Å². The first-order valence-corrected chi connectivity index (χ1v) is 5.14. The average Bonchev–Trinajstić information content (AvgIpc) is 2.18. The Hall–Kier alpha value is -1.06. The van der Waals surface area contributed by atoms with Crippen molar-refractivity contribution in [2.45, 2.75) is 52.1 Å². The number of carboxylic acids is 1. The van der Waals surface area contributed by atoms with E-state index in [4.69, 9.17) is 5.11 Å². The SMILES string of the molecule is CC(C)(C)N1C(=O)CC(C(=O)O)C1(C)C. The van der Waals surface area contributed by atoms with E-state index in [1.54, 1.807) is 4.90 Å². The Morgan fingerprint density at radius 2 is 1.93 bits per heavy atom. The van der Waals surface area contributed by atoms with Gasteiger partial charge in [0.1, 0.15) is 0 Å². The van der Waals surface area contributed by atoms with E-state index >= 15 is 0 Å². The number of hydrogen-bond donors (Lipinski definition) is 1. The maximum absolute atomic E-state index is 11.8. The van der Waals surface area contributed by atoms with Crippen LogP contribution in [0.4, 0.5) is 0 Å². The van der Waals surface area contributed by atoms with Gasteiger partial charge in [0.2, 0.25) is 5.91 Å². The summed E-state index contributed by atoms with van der Waals surface area (Å²) < 4.78 is 0. The fraction of sp³-hybridized carbons (Fsp3) is 0.818. The molecule has 0 radical (unpaired) electrons. The van der Waals surface area contributed by atoms with Crippen molar-refractivity contribution in [3.63, 3.8) is 0 Å². The number of carbonyl (C=O) groups is 2. The van der Waals surface area contributed by atoms with Crippen LogP contribution in [0.15, 0.2) is 0 Å². The second-order valence-electron chi connectivity index (χ2n) is 5.65. The molecule has 0 aromatic rings. The molecular weight excluding hydrogens is 194 g/mol. The molecule has 86 valence electrons. The fourth-order valence-electron chi connectivity index (χ4n) is 2.62. The van der Waals surface area contributed by atoms with Gasteiger partial charge < -0.3 is 10.0 Å². The third-order valence-corrected chi connectivity index (χ3v) is 3.03. The van der Waals surface area contributed by atoms with Crippen molar-refractivity contribution in [3.8, 4) is 0 Å². The van der Waals surface area contributed by atoms with E-state index in [1.165, 1.54) is 0 Å². The normalized spacial score (nSPS) is 25.8. The molecule has 0 bridgehead atoms. The zero-order valence-corrected chi connectivity index (χ0v) is 10.00. The number of amides is 1. The molecule has 4 nitrogen and oxygen atoms in total. The molecule has 0 aliphatic carbocycles. The predicted octanol–water partition coefficient (Wildman–Crippen LogP) is 1.50. The fourth-order valence-corrected chi connectivity index (χ4v) is 2.62. The molecule has 1 aliphatic heterocycles. The average molecular weight is 213 g/mol. The van der Waals surface area contributed by atoms with Crippen LogP contribution < -0.4 is 0 Å². The molecular formula is C11H19NO3. The van der Waals surface area contributed by atoms with E-state index in [-0.39, 0.29) is 17.9 Å². The van der Waals surface area contributed by atoms with Gasteiger partial charge in [-0.25, -0.2) is 0 Å². The smallest absolute Gasteiger partial charge is 0.309 e. The van der Waals surface area contributed by atoms with Gasteiger partial charge in [0, 0.05) is 12.0 Å². The zero-order valence-electron chi connectivity index (χ0n) is 10.00. The molecule has 1 N–H and O–H groups in total. The summed E-state index contributed by atoms with van der Waals surface area (Å²) in [5.41, 5.74) is -0.939. The number of rotatable bonds is 1. The van der Waals surface area contributed by atoms with Gasteiger partial charge >= 0.3 is 5.97 Å². The molecule has 1 unspecified atom stereocenters. The number of carboxylic acid groups (broad SMARTS) is 1. The minimum atomic E-state index is -0.889. The number of hydrogen-bond acceptors (Lipinski definition) is 2. The quantitative estimate of drug-likeness (QED) is 0.718. The molecule has 1 amide bonds. The van der Waals surface area contributed by atoms with Crippen LogP contribution in [0.2, 0.25) is 0 Å². The molecule has 4 heteroatoms. The summed E-state index contributed by atoms with van der Waals surface area (Å²) >= 11 is 0. The maximum atomic E-state index is 11.8. The predicted molar refractivity (Wildman–Crippen MR) is 56.4 cm³/mol. The largest absolute Gasteiger partial charge is 0.481 e. The molecule has 15 heavy (non-hydrogen) atoms. The van der Waals surface area contributed by atoms with E-state index in [0.717, 1.165) is 0 Å². The Balaban J connectivity index is 3.12. The molecule has 0 aromatic carbocycles. The van der Waals surface area contributed by atoms with Crippen LogP contribution in [-0.4, -0.2) is 33.0 Å². The molecule has 1 fully saturated rings. The van der Waals surface area contributed by atoms with Crippen molar-refractivity contribution in [1.82, 2.24) is 4.90 Å². The number of nitrogens with zero attached hydrogens (tertiary/aromatic N) is 1. The molecule has 1 heterocycles. The van der Waals surface area contributed by atoms with Gasteiger partial charge in [-0.3, -0.25) is 9.59 Å². The molecule has 0 saturated carbocycles. The third-order valence-electron chi connectivity index (χ3n) is 3.03. The van der Waals surface area contributed by atoms with Crippen LogP contribution in [0.5, 0.6) is 0 Å². The van der Waals surface area contributed by atoms with Crippen molar-refractivity contribution >= 4 is 11.9 Å². The number of likely N-dealkylation sites (tertiary alicyclic amines) is 1. The number of aliphatic carboxylic acids is 1. The first-order chi connectivity index (χ1) is 6.58. The summed E-state index contributed by atoms with van der Waals surface area (Å²) in [4.78, 5) is 24.6. The lowest BCUT2D eigenvalue weighted by Crippen LogP contribution is -2.54. The minimum absolute atomic E-state index is 0.0695. The highest BCUT2D eigenvalue weighted by Gasteiger charge is 2.53. The topological polar surface area (TPSA) is 57.6 Å². The Morgan fingerprint density at radius 3 is 2.13 bits per heavy atom. The lowest BCUT2D eigenvalue weighted by atomic mass is 9.86. The summed E-state index contributed by atoms with van der Waals surface area (Å²) in [6.07, 6.45) is 0.111. The highest BCUT2D eigenvalue weighted by atomic mass is 16.4. The summed E-state index contributed by atoms with van der Waals surface area (Å²) in [6, 6.07) is 0. The van der Waals surface area contributed by atoms with Crippen molar-refractivity contribution in [1.29, 1.82) is 0 Å². The monoisotopic (exact) mass is 213 g/mol. The Kier molecular flexibility index (Phi) is 2.58. The second-order valence-corrected chi connectivity index (χ2v) is 5.65. The molecule has 1 saturated heterocycles. The van der Waals surface area contributed by atoms with Crippen LogP contribution in [0.1, 0.15) is 41.0 Å². The van der Waals surface area contributed by atoms with E-state index in [0.29, 0.717) is 0 Å². The molecule has 1 aliphatic rings. The van der Waals surface area contributed by atoms with E-state index in [1.807, 2.05) is 34.6 Å². The van der Waals surface area contributed by atoms with Crippen LogP contribution >= 0.6 is 0 Å². The van der Waals surface area contributed by atoms with Crippen molar-refractivity contribution < 1.29 is 14.7 Å². The summed E-state index contributed by atoms with van der Waals surface area (Å²) in [6.45, 7) is 9.43. The van der Waals surface area contributed by atoms with Crippen LogP contribution in [0.3, 0.4) is 0 Å². The Bertz CT molecular complexity index is 301. The van der Waals surface area contributed by atoms with Gasteiger partial charge in [-0.15, -0.1) is 0 Å². The van der Waals surface area contributed by atoms with E-state index in [9.17, 15) is 9.59 Å². The molecule has 1 atom stereocenters. The highest BCUT2D eigenvalue weighted by molar-refractivity contribution is 5.88. The number of carbonyl (C=O) groups excluding carboxylic acids is 1. The lowest BCUT2D eigenvalue weighted by Gasteiger charge is -2.43. The Labute approximate surface area is 90.3 Å².